The number of aromatic nitrogens is 18. The zero-order chi connectivity index (χ0) is 40.3. The van der Waals surface area contributed by atoms with Crippen LogP contribution in [0.25, 0.3) is 0 Å². The average molecular weight is 773 g/mol. The molecule has 306 valence electrons. The molecule has 6 heterocycles. The summed E-state index contributed by atoms with van der Waals surface area (Å²) in [5, 5.41) is 49.1. The minimum Gasteiger partial charge on any atom is -0.253 e. The van der Waals surface area contributed by atoms with Crippen LogP contribution in [0.5, 0.6) is 0 Å². The van der Waals surface area contributed by atoms with Gasteiger partial charge < -0.3 is 0 Å². The summed E-state index contributed by atoms with van der Waals surface area (Å²) in [7, 11) is 0. The molecule has 3 aliphatic rings. The molecule has 3 fully saturated rings. The van der Waals surface area contributed by atoms with Gasteiger partial charge in [-0.1, -0.05) is 58.2 Å². The van der Waals surface area contributed by atoms with Crippen molar-refractivity contribution < 1.29 is 0 Å². The summed E-state index contributed by atoms with van der Waals surface area (Å²) in [5.41, 5.74) is 5.95. The van der Waals surface area contributed by atoms with Crippen molar-refractivity contribution in [3.63, 3.8) is 0 Å². The highest BCUT2D eigenvalue weighted by Crippen LogP contribution is 2.30. The molecule has 9 rings (SSSR count). The van der Waals surface area contributed by atoms with E-state index >= 15 is 0 Å². The van der Waals surface area contributed by atoms with Crippen molar-refractivity contribution in [2.75, 3.05) is 0 Å². The molecule has 6 aromatic heterocycles. The Hall–Kier alpha value is -5.16. The van der Waals surface area contributed by atoms with Crippen LogP contribution in [-0.2, 0) is 6.54 Å². The second kappa shape index (κ2) is 23.0. The normalized spacial score (nSPS) is 15.5. The van der Waals surface area contributed by atoms with E-state index < -0.39 is 0 Å². The van der Waals surface area contributed by atoms with Gasteiger partial charge in [0.15, 0.2) is 0 Å². The van der Waals surface area contributed by atoms with Gasteiger partial charge in [0, 0.05) is 43.6 Å². The van der Waals surface area contributed by atoms with E-state index in [2.05, 4.69) is 87.0 Å². The number of rotatable bonds is 5. The number of aromatic amines is 1. The van der Waals surface area contributed by atoms with Gasteiger partial charge in [-0.3, -0.25) is 4.68 Å². The van der Waals surface area contributed by atoms with Crippen molar-refractivity contribution in [2.24, 2.45) is 0 Å². The van der Waals surface area contributed by atoms with Gasteiger partial charge in [0.05, 0.1) is 58.5 Å². The van der Waals surface area contributed by atoms with Crippen LogP contribution in [0.2, 0.25) is 0 Å². The van der Waals surface area contributed by atoms with E-state index in [1.807, 2.05) is 92.0 Å². The second-order valence-electron chi connectivity index (χ2n) is 15.1. The Morgan fingerprint density at radius 3 is 1.16 bits per heavy atom. The van der Waals surface area contributed by atoms with E-state index in [1.54, 1.807) is 10.9 Å². The fourth-order valence-electron chi connectivity index (χ4n) is 6.22. The predicted octanol–water partition coefficient (Wildman–Crippen LogP) is 6.99. The standard InChI is InChI=1S/C9H15N3.C8H13N3.C7H11N3.C6H11N3.C5H9N3.C3H5N3/c1-8-7-12(11-10-8)9-5-3-2-4-6-9;1-7-6-11(10-9-7)8-4-2-3-5-8;1-6-5-10(9-8-6)7-3-2-4-7;1-5(2)9-4-6(3)7-8-9;1-3-8-4-5(2)6-7-8;1-3-2-4-6-5-3/h7,9H,2-6H2,1H3;6,8H,2-5H2,1H3;5,7H,2-4H2,1H3;4-5H,1-3H3;4H,3H2,1-2H3;2H,1H3,(H,4,5,6). The van der Waals surface area contributed by atoms with E-state index in [1.165, 1.54) is 77.0 Å². The van der Waals surface area contributed by atoms with Gasteiger partial charge >= 0.3 is 0 Å². The highest BCUT2D eigenvalue weighted by molar-refractivity contribution is 4.92. The number of hydrogen-bond donors (Lipinski definition) is 1. The number of aryl methyl sites for hydroxylation is 7. The zero-order valence-corrected chi connectivity index (χ0v) is 35.1. The molecular weight excluding hydrogens is 709 g/mol. The Labute approximate surface area is 331 Å². The molecule has 56 heavy (non-hydrogen) atoms. The third-order valence-electron chi connectivity index (χ3n) is 9.64. The molecule has 0 saturated heterocycles. The Kier molecular flexibility index (Phi) is 17.9. The summed E-state index contributed by atoms with van der Waals surface area (Å²) in [6, 6.07) is 2.34. The summed E-state index contributed by atoms with van der Waals surface area (Å²) in [6.45, 7) is 18.8. The van der Waals surface area contributed by atoms with Crippen LogP contribution >= 0.6 is 0 Å². The summed E-state index contributed by atoms with van der Waals surface area (Å²) >= 11 is 0. The molecule has 1 N–H and O–H groups in total. The Balaban J connectivity index is 0.000000151. The van der Waals surface area contributed by atoms with Gasteiger partial charge in [-0.05, 0) is 107 Å². The van der Waals surface area contributed by atoms with E-state index in [4.69, 9.17) is 0 Å². The average Bonchev–Trinajstić information content (AvgIpc) is 4.01. The molecule has 18 nitrogen and oxygen atoms in total. The van der Waals surface area contributed by atoms with E-state index in [0.29, 0.717) is 24.2 Å². The highest BCUT2D eigenvalue weighted by Gasteiger charge is 2.20. The topological polar surface area (TPSA) is 195 Å². The highest BCUT2D eigenvalue weighted by atomic mass is 15.5. The van der Waals surface area contributed by atoms with Gasteiger partial charge in [-0.15, -0.1) is 25.5 Å². The van der Waals surface area contributed by atoms with Crippen LogP contribution in [0.1, 0.15) is 156 Å². The molecule has 0 bridgehead atoms. The van der Waals surface area contributed by atoms with Crippen LogP contribution in [-0.4, -0.2) is 90.4 Å². The summed E-state index contributed by atoms with van der Waals surface area (Å²) in [6.07, 6.45) is 27.5. The quantitative estimate of drug-likeness (QED) is 0.189. The Morgan fingerprint density at radius 1 is 0.518 bits per heavy atom. The molecule has 0 unspecified atom stereocenters. The van der Waals surface area contributed by atoms with Crippen molar-refractivity contribution in [3.8, 4) is 0 Å². The fourth-order valence-corrected chi connectivity index (χ4v) is 6.22. The van der Waals surface area contributed by atoms with Gasteiger partial charge in [-0.25, -0.2) is 18.7 Å². The van der Waals surface area contributed by atoms with Crippen molar-refractivity contribution in [1.82, 2.24) is 90.4 Å². The van der Waals surface area contributed by atoms with Gasteiger partial charge in [-0.2, -0.15) is 15.4 Å². The van der Waals surface area contributed by atoms with Crippen LogP contribution in [0.3, 0.4) is 0 Å². The summed E-state index contributed by atoms with van der Waals surface area (Å²) in [4.78, 5) is 0. The lowest BCUT2D eigenvalue weighted by atomic mass is 9.93. The zero-order valence-electron chi connectivity index (χ0n) is 35.1. The summed E-state index contributed by atoms with van der Waals surface area (Å²) in [5.74, 6) is 0. The number of H-pyrrole nitrogens is 1. The number of nitrogens with one attached hydrogen (secondary N) is 1. The Morgan fingerprint density at radius 2 is 0.929 bits per heavy atom. The first-order chi connectivity index (χ1) is 27.0. The minimum atomic E-state index is 0.422. The lowest BCUT2D eigenvalue weighted by molar-refractivity contribution is 0.284. The van der Waals surface area contributed by atoms with Crippen molar-refractivity contribution in [2.45, 2.75) is 170 Å². The first-order valence-electron chi connectivity index (χ1n) is 20.2. The van der Waals surface area contributed by atoms with Gasteiger partial charge in [0.1, 0.15) is 0 Å². The Bertz CT molecular complexity index is 1880. The molecular formula is C38H64N18. The lowest BCUT2D eigenvalue weighted by Gasteiger charge is -2.24. The van der Waals surface area contributed by atoms with E-state index in [-0.39, 0.29) is 0 Å². The van der Waals surface area contributed by atoms with E-state index in [9.17, 15) is 0 Å². The molecule has 0 atom stereocenters. The van der Waals surface area contributed by atoms with Crippen LogP contribution < -0.4 is 0 Å². The smallest absolute Gasteiger partial charge is 0.0796 e. The third kappa shape index (κ3) is 15.2. The molecule has 3 aliphatic carbocycles. The SMILES string of the molecule is CCn1cc(C)nn1.Cc1cn(C(C)C)nn1.Cc1cn(C2CCC2)nn1.Cc1cn(C2CCCC2)nn1.Cc1cn(C2CCCCC2)nn1.Cc1cn[nH]n1. The first-order valence-corrected chi connectivity index (χ1v) is 20.2. The monoisotopic (exact) mass is 773 g/mol. The third-order valence-corrected chi connectivity index (χ3v) is 9.64. The van der Waals surface area contributed by atoms with Crippen LogP contribution in [0, 0.1) is 41.5 Å². The minimum absolute atomic E-state index is 0.422. The maximum atomic E-state index is 4.11. The maximum absolute atomic E-state index is 4.11. The van der Waals surface area contributed by atoms with Crippen molar-refractivity contribution >= 4 is 0 Å². The number of nitrogens with zero attached hydrogens (tertiary/aromatic N) is 17. The van der Waals surface area contributed by atoms with Crippen LogP contribution in [0.15, 0.2) is 37.2 Å². The molecule has 3 saturated carbocycles. The molecule has 0 spiro atoms. The molecule has 0 aromatic carbocycles. The lowest BCUT2D eigenvalue weighted by Crippen LogP contribution is -2.17. The maximum Gasteiger partial charge on any atom is 0.0796 e. The molecule has 0 radical (unpaired) electrons. The van der Waals surface area contributed by atoms with E-state index in [0.717, 1.165) is 40.7 Å². The van der Waals surface area contributed by atoms with Gasteiger partial charge in [0.25, 0.3) is 0 Å². The van der Waals surface area contributed by atoms with Gasteiger partial charge in [0.2, 0.25) is 0 Å². The van der Waals surface area contributed by atoms with Crippen molar-refractivity contribution in [1.29, 1.82) is 0 Å². The van der Waals surface area contributed by atoms with Crippen LogP contribution in [0.4, 0.5) is 0 Å². The largest absolute Gasteiger partial charge is 0.253 e. The molecule has 0 amide bonds. The molecule has 0 aliphatic heterocycles. The molecule has 6 aromatic rings. The predicted molar refractivity (Wildman–Crippen MR) is 213 cm³/mol. The fraction of sp³-hybridized carbons (Fsp3) is 0.684. The molecule has 18 heteroatoms. The number of hydrogen-bond acceptors (Lipinski definition) is 12. The van der Waals surface area contributed by atoms with Crippen molar-refractivity contribution in [3.05, 3.63) is 71.3 Å². The second-order valence-corrected chi connectivity index (χ2v) is 15.1. The summed E-state index contributed by atoms with van der Waals surface area (Å²) < 4.78 is 9.68. The first kappa shape index (κ1) is 43.6.